The summed E-state index contributed by atoms with van der Waals surface area (Å²) in [6, 6.07) is 9.71. The van der Waals surface area contributed by atoms with Crippen LogP contribution in [0.3, 0.4) is 0 Å². The average Bonchev–Trinajstić information content (AvgIpc) is 3.37. The molecule has 0 bridgehead atoms. The number of morpholine rings is 1. The molecule has 1 spiro atoms. The first-order valence-electron chi connectivity index (χ1n) is 14.2. The number of benzene rings is 2. The Kier molecular flexibility index (Phi) is 8.26. The number of carbonyl (C=O) groups excluding carboxylic acids is 2. The van der Waals surface area contributed by atoms with Gasteiger partial charge in [0, 0.05) is 37.3 Å². The van der Waals surface area contributed by atoms with E-state index in [2.05, 4.69) is 41.6 Å². The number of nitrogens with zero attached hydrogens (tertiary/aromatic N) is 1. The normalized spacial score (nSPS) is 26.6. The molecule has 4 atom stereocenters. The number of anilines is 1. The van der Waals surface area contributed by atoms with E-state index in [1.807, 2.05) is 31.2 Å². The Hall–Kier alpha value is -2.52. The smallest absolute Gasteiger partial charge is 0.237 e. The van der Waals surface area contributed by atoms with Crippen LogP contribution in [0.25, 0.3) is 0 Å². The van der Waals surface area contributed by atoms with E-state index in [4.69, 9.17) is 16.3 Å². The summed E-state index contributed by atoms with van der Waals surface area (Å²) >= 11 is 6.14. The molecule has 3 N–H and O–H groups in total. The predicted molar refractivity (Wildman–Crippen MR) is 155 cm³/mol. The van der Waals surface area contributed by atoms with Gasteiger partial charge in [-0.15, -0.1) is 0 Å². The van der Waals surface area contributed by atoms with E-state index < -0.39 is 29.2 Å². The fourth-order valence-corrected chi connectivity index (χ4v) is 6.91. The van der Waals surface area contributed by atoms with Gasteiger partial charge < -0.3 is 20.7 Å². The molecular weight excluding hydrogens is 531 g/mol. The zero-order chi connectivity index (χ0) is 28.7. The number of nitrogens with one attached hydrogen (secondary N) is 3. The molecule has 0 aliphatic carbocycles. The van der Waals surface area contributed by atoms with Crippen LogP contribution in [0, 0.1) is 18.2 Å². The van der Waals surface area contributed by atoms with Crippen molar-refractivity contribution in [3.63, 3.8) is 0 Å². The predicted octanol–water partition coefficient (Wildman–Crippen LogP) is 4.38. The van der Waals surface area contributed by atoms with Gasteiger partial charge in [0.25, 0.3) is 0 Å². The molecule has 9 heteroatoms. The summed E-state index contributed by atoms with van der Waals surface area (Å²) in [6.07, 6.45) is 1.42. The Morgan fingerprint density at radius 3 is 2.67 bits per heavy atom. The number of rotatable bonds is 7. The highest BCUT2D eigenvalue weighted by Crippen LogP contribution is 2.56. The lowest BCUT2D eigenvalue weighted by Gasteiger charge is -2.37. The summed E-state index contributed by atoms with van der Waals surface area (Å²) in [4.78, 5) is 30.4. The van der Waals surface area contributed by atoms with E-state index in [9.17, 15) is 9.59 Å². The Balaban J connectivity index is 1.53. The monoisotopic (exact) mass is 570 g/mol. The Bertz CT molecular complexity index is 1280. The summed E-state index contributed by atoms with van der Waals surface area (Å²) < 4.78 is 20.5. The van der Waals surface area contributed by atoms with Gasteiger partial charge in [-0.25, -0.2) is 4.39 Å². The number of halogens is 2. The Morgan fingerprint density at radius 2 is 1.98 bits per heavy atom. The molecule has 7 nitrogen and oxygen atoms in total. The highest BCUT2D eigenvalue weighted by Gasteiger charge is 2.65. The van der Waals surface area contributed by atoms with Crippen molar-refractivity contribution < 1.29 is 18.7 Å². The van der Waals surface area contributed by atoms with Crippen LogP contribution in [0.4, 0.5) is 10.1 Å². The molecule has 0 radical (unpaired) electrons. The molecule has 40 heavy (non-hydrogen) atoms. The number of carbonyl (C=O) groups is 2. The largest absolute Gasteiger partial charge is 0.379 e. The maximum atomic E-state index is 15.0. The van der Waals surface area contributed by atoms with Crippen molar-refractivity contribution >= 4 is 29.1 Å². The third-order valence-corrected chi connectivity index (χ3v) is 8.73. The van der Waals surface area contributed by atoms with Crippen LogP contribution in [0.1, 0.15) is 56.2 Å². The van der Waals surface area contributed by atoms with Crippen LogP contribution in [0.2, 0.25) is 5.02 Å². The SMILES string of the molecule is Cc1cccc([C@H]2[C@H](C(=O)NCCCN3CCOCC3)N[C@H](CC(C)(C)C)[C@]23C(=O)Nc2cc(Cl)c(F)cc23)c1. The zero-order valence-corrected chi connectivity index (χ0v) is 24.5. The second-order valence-corrected chi connectivity index (χ2v) is 13.0. The first-order chi connectivity index (χ1) is 19.0. The highest BCUT2D eigenvalue weighted by atomic mass is 35.5. The highest BCUT2D eigenvalue weighted by molar-refractivity contribution is 6.31. The Labute approximate surface area is 241 Å². The van der Waals surface area contributed by atoms with Gasteiger partial charge in [0.05, 0.1) is 24.3 Å². The standard InChI is InChI=1S/C31H40ClFN4O3/c1-19-7-5-8-20(15-19)26-27(28(38)34-9-6-10-37-11-13-40-14-12-37)36-25(18-30(2,3)4)31(26)21-16-23(33)22(32)17-24(21)35-29(31)39/h5,7-8,15-17,25-27,36H,6,9-14,18H2,1-4H3,(H,34,38)(H,35,39)/t25-,26+,27-,31+/m1/s1. The molecular formula is C31H40ClFN4O3. The maximum Gasteiger partial charge on any atom is 0.237 e. The van der Waals surface area contributed by atoms with Crippen molar-refractivity contribution in [1.29, 1.82) is 0 Å². The summed E-state index contributed by atoms with van der Waals surface area (Å²) in [5, 5.41) is 9.68. The zero-order valence-electron chi connectivity index (χ0n) is 23.8. The van der Waals surface area contributed by atoms with Crippen molar-refractivity contribution in [3.05, 3.63) is 63.9 Å². The summed E-state index contributed by atoms with van der Waals surface area (Å²) in [7, 11) is 0. The number of amides is 2. The van der Waals surface area contributed by atoms with Crippen molar-refractivity contribution in [3.8, 4) is 0 Å². The lowest BCUT2D eigenvalue weighted by molar-refractivity contribution is -0.123. The van der Waals surface area contributed by atoms with Gasteiger partial charge in [0.1, 0.15) is 11.2 Å². The second-order valence-electron chi connectivity index (χ2n) is 12.6. The summed E-state index contributed by atoms with van der Waals surface area (Å²) in [5.74, 6) is -1.52. The summed E-state index contributed by atoms with van der Waals surface area (Å²) in [6.45, 7) is 13.0. The van der Waals surface area contributed by atoms with Gasteiger partial charge in [0.15, 0.2) is 0 Å². The van der Waals surface area contributed by atoms with Crippen LogP contribution < -0.4 is 16.0 Å². The third kappa shape index (κ3) is 5.51. The van der Waals surface area contributed by atoms with E-state index in [-0.39, 0.29) is 22.3 Å². The van der Waals surface area contributed by atoms with Crippen LogP contribution in [-0.4, -0.2) is 68.2 Å². The molecule has 3 aliphatic heterocycles. The number of fused-ring (bicyclic) bond motifs is 2. The fourth-order valence-electron chi connectivity index (χ4n) is 6.75. The quantitative estimate of drug-likeness (QED) is 0.431. The van der Waals surface area contributed by atoms with Crippen molar-refractivity contribution in [2.45, 2.75) is 64.0 Å². The number of hydrogen-bond donors (Lipinski definition) is 3. The molecule has 0 aromatic heterocycles. The van der Waals surface area contributed by atoms with Crippen molar-refractivity contribution in [2.75, 3.05) is 44.7 Å². The molecule has 5 rings (SSSR count). The topological polar surface area (TPSA) is 82.7 Å². The van der Waals surface area contributed by atoms with Gasteiger partial charge in [-0.05, 0) is 55.0 Å². The Morgan fingerprint density at radius 1 is 1.23 bits per heavy atom. The van der Waals surface area contributed by atoms with Crippen molar-refractivity contribution in [2.24, 2.45) is 5.41 Å². The van der Waals surface area contributed by atoms with Crippen LogP contribution in [0.15, 0.2) is 36.4 Å². The molecule has 3 aliphatic rings. The fraction of sp³-hybridized carbons (Fsp3) is 0.548. The molecule has 0 saturated carbocycles. The van der Waals surface area contributed by atoms with E-state index >= 15 is 4.39 Å². The van der Waals surface area contributed by atoms with Crippen molar-refractivity contribution in [1.82, 2.24) is 15.5 Å². The molecule has 2 amide bonds. The van der Waals surface area contributed by atoms with Gasteiger partial charge in [-0.3, -0.25) is 14.5 Å². The van der Waals surface area contributed by atoms with Gasteiger partial charge in [0.2, 0.25) is 11.8 Å². The molecule has 2 aromatic carbocycles. The average molecular weight is 571 g/mol. The molecule has 0 unspecified atom stereocenters. The second kappa shape index (κ2) is 11.4. The van der Waals surface area contributed by atoms with Crippen LogP contribution in [0.5, 0.6) is 0 Å². The van der Waals surface area contributed by atoms with E-state index in [0.29, 0.717) is 24.2 Å². The van der Waals surface area contributed by atoms with Gasteiger partial charge >= 0.3 is 0 Å². The van der Waals surface area contributed by atoms with E-state index in [1.165, 1.54) is 12.1 Å². The molecule has 2 saturated heterocycles. The minimum absolute atomic E-state index is 0.0453. The number of ether oxygens (including phenoxy) is 1. The van der Waals surface area contributed by atoms with Crippen LogP contribution >= 0.6 is 11.6 Å². The molecule has 2 fully saturated rings. The molecule has 216 valence electrons. The van der Waals surface area contributed by atoms with Gasteiger partial charge in [-0.2, -0.15) is 0 Å². The van der Waals surface area contributed by atoms with E-state index in [0.717, 1.165) is 50.4 Å². The maximum absolute atomic E-state index is 15.0. The molecule has 3 heterocycles. The third-order valence-electron chi connectivity index (χ3n) is 8.44. The minimum atomic E-state index is -1.20. The summed E-state index contributed by atoms with van der Waals surface area (Å²) in [5.41, 5.74) is 1.58. The lowest BCUT2D eigenvalue weighted by Crippen LogP contribution is -2.49. The number of aryl methyl sites for hydroxylation is 1. The number of hydrogen-bond acceptors (Lipinski definition) is 5. The van der Waals surface area contributed by atoms with E-state index in [1.54, 1.807) is 0 Å². The molecule has 2 aromatic rings. The minimum Gasteiger partial charge on any atom is -0.379 e. The first kappa shape index (κ1) is 29.0. The van der Waals surface area contributed by atoms with Gasteiger partial charge in [-0.1, -0.05) is 62.2 Å². The first-order valence-corrected chi connectivity index (χ1v) is 14.6. The lowest BCUT2D eigenvalue weighted by atomic mass is 9.62. The van der Waals surface area contributed by atoms with Crippen LogP contribution in [-0.2, 0) is 19.7 Å².